The lowest BCUT2D eigenvalue weighted by Crippen LogP contribution is -2.13. The van der Waals surface area contributed by atoms with Crippen molar-refractivity contribution in [1.82, 2.24) is 5.32 Å². The van der Waals surface area contributed by atoms with E-state index in [2.05, 4.69) is 21.2 Å². The monoisotopic (exact) mass is 243 g/mol. The largest absolute Gasteiger partial charge is 0.310 e. The van der Waals surface area contributed by atoms with Gasteiger partial charge in [-0.3, -0.25) is 0 Å². The standard InChI is InChI=1S/C10H11BrFN/c11-9-4-3-7(12)6-8(9)10-2-1-5-13-10/h3-4,6,10,13H,1-2,5H2. The molecule has 3 heteroatoms. The first kappa shape index (κ1) is 9.16. The summed E-state index contributed by atoms with van der Waals surface area (Å²) in [6, 6.07) is 5.17. The number of halogens is 2. The zero-order valence-corrected chi connectivity index (χ0v) is 8.77. The minimum Gasteiger partial charge on any atom is -0.310 e. The van der Waals surface area contributed by atoms with E-state index in [0.717, 1.165) is 23.0 Å². The van der Waals surface area contributed by atoms with E-state index in [0.29, 0.717) is 6.04 Å². The molecule has 0 bridgehead atoms. The van der Waals surface area contributed by atoms with Gasteiger partial charge < -0.3 is 5.32 Å². The van der Waals surface area contributed by atoms with Gasteiger partial charge in [0.2, 0.25) is 0 Å². The summed E-state index contributed by atoms with van der Waals surface area (Å²) in [6.07, 6.45) is 2.27. The Hall–Kier alpha value is -0.410. The van der Waals surface area contributed by atoms with E-state index < -0.39 is 0 Å². The summed E-state index contributed by atoms with van der Waals surface area (Å²) in [6.45, 7) is 1.04. The van der Waals surface area contributed by atoms with Crippen LogP contribution >= 0.6 is 15.9 Å². The van der Waals surface area contributed by atoms with Crippen molar-refractivity contribution in [2.75, 3.05) is 6.54 Å². The smallest absolute Gasteiger partial charge is 0.123 e. The van der Waals surface area contributed by atoms with Gasteiger partial charge in [0, 0.05) is 10.5 Å². The molecule has 1 aliphatic heterocycles. The lowest BCUT2D eigenvalue weighted by molar-refractivity contribution is 0.605. The molecule has 1 fully saturated rings. The third kappa shape index (κ3) is 1.92. The fourth-order valence-electron chi connectivity index (χ4n) is 1.73. The summed E-state index contributed by atoms with van der Waals surface area (Å²) in [5.41, 5.74) is 1.04. The summed E-state index contributed by atoms with van der Waals surface area (Å²) >= 11 is 3.43. The van der Waals surface area contributed by atoms with Crippen molar-refractivity contribution in [2.45, 2.75) is 18.9 Å². The highest BCUT2D eigenvalue weighted by atomic mass is 79.9. The quantitative estimate of drug-likeness (QED) is 0.800. The zero-order valence-electron chi connectivity index (χ0n) is 7.19. The molecular formula is C10H11BrFN. The predicted octanol–water partition coefficient (Wildman–Crippen LogP) is 3.01. The molecule has 0 aromatic heterocycles. The van der Waals surface area contributed by atoms with E-state index >= 15 is 0 Å². The fourth-order valence-corrected chi connectivity index (χ4v) is 2.25. The second-order valence-corrected chi connectivity index (χ2v) is 4.17. The summed E-state index contributed by atoms with van der Waals surface area (Å²) in [7, 11) is 0. The molecule has 0 aliphatic carbocycles. The average molecular weight is 244 g/mol. The molecule has 1 unspecified atom stereocenters. The second-order valence-electron chi connectivity index (χ2n) is 3.31. The molecule has 2 rings (SSSR count). The van der Waals surface area contributed by atoms with Gasteiger partial charge in [-0.05, 0) is 43.1 Å². The first-order valence-electron chi connectivity index (χ1n) is 4.46. The predicted molar refractivity (Wildman–Crippen MR) is 54.1 cm³/mol. The van der Waals surface area contributed by atoms with Crippen LogP contribution in [-0.2, 0) is 0 Å². The van der Waals surface area contributed by atoms with Crippen LogP contribution < -0.4 is 5.32 Å². The van der Waals surface area contributed by atoms with Gasteiger partial charge in [0.15, 0.2) is 0 Å². The van der Waals surface area contributed by atoms with E-state index in [1.807, 2.05) is 0 Å². The van der Waals surface area contributed by atoms with Gasteiger partial charge in [0.1, 0.15) is 5.82 Å². The van der Waals surface area contributed by atoms with E-state index in [4.69, 9.17) is 0 Å². The van der Waals surface area contributed by atoms with Crippen molar-refractivity contribution in [2.24, 2.45) is 0 Å². The molecule has 13 heavy (non-hydrogen) atoms. The Morgan fingerprint density at radius 2 is 2.31 bits per heavy atom. The summed E-state index contributed by atoms with van der Waals surface area (Å²) < 4.78 is 13.9. The Morgan fingerprint density at radius 3 is 3.00 bits per heavy atom. The Bertz CT molecular complexity index is 308. The third-order valence-electron chi connectivity index (χ3n) is 2.39. The van der Waals surface area contributed by atoms with Crippen LogP contribution in [0.15, 0.2) is 22.7 Å². The van der Waals surface area contributed by atoms with Crippen LogP contribution in [0.25, 0.3) is 0 Å². The van der Waals surface area contributed by atoms with Gasteiger partial charge in [-0.25, -0.2) is 4.39 Å². The maximum atomic E-state index is 13.0. The molecular weight excluding hydrogens is 233 g/mol. The van der Waals surface area contributed by atoms with Crippen LogP contribution in [0.3, 0.4) is 0 Å². The summed E-state index contributed by atoms with van der Waals surface area (Å²) in [5, 5.41) is 3.34. The number of hydrogen-bond donors (Lipinski definition) is 1. The van der Waals surface area contributed by atoms with Gasteiger partial charge in [-0.1, -0.05) is 15.9 Å². The number of benzene rings is 1. The van der Waals surface area contributed by atoms with E-state index in [-0.39, 0.29) is 5.82 Å². The molecule has 0 spiro atoms. The molecule has 1 atom stereocenters. The van der Waals surface area contributed by atoms with Gasteiger partial charge in [-0.15, -0.1) is 0 Å². The molecule has 1 N–H and O–H groups in total. The molecule has 70 valence electrons. The second kappa shape index (κ2) is 3.76. The van der Waals surface area contributed by atoms with Crippen molar-refractivity contribution in [1.29, 1.82) is 0 Å². The van der Waals surface area contributed by atoms with Gasteiger partial charge in [-0.2, -0.15) is 0 Å². The molecule has 1 aromatic carbocycles. The molecule has 1 heterocycles. The van der Waals surface area contributed by atoms with Crippen molar-refractivity contribution in [3.8, 4) is 0 Å². The molecule has 0 amide bonds. The molecule has 0 saturated carbocycles. The molecule has 1 aliphatic rings. The van der Waals surface area contributed by atoms with E-state index in [1.54, 1.807) is 12.1 Å². The SMILES string of the molecule is Fc1ccc(Br)c(C2CCCN2)c1. The topological polar surface area (TPSA) is 12.0 Å². The van der Waals surface area contributed by atoms with Crippen LogP contribution in [-0.4, -0.2) is 6.54 Å². The Morgan fingerprint density at radius 1 is 1.46 bits per heavy atom. The number of nitrogens with one attached hydrogen (secondary N) is 1. The highest BCUT2D eigenvalue weighted by Crippen LogP contribution is 2.29. The minimum absolute atomic E-state index is 0.160. The molecule has 1 nitrogen and oxygen atoms in total. The summed E-state index contributed by atoms with van der Waals surface area (Å²) in [4.78, 5) is 0. The minimum atomic E-state index is -0.160. The summed E-state index contributed by atoms with van der Waals surface area (Å²) in [5.74, 6) is -0.160. The maximum Gasteiger partial charge on any atom is 0.123 e. The highest BCUT2D eigenvalue weighted by molar-refractivity contribution is 9.10. The molecule has 0 radical (unpaired) electrons. The van der Waals surface area contributed by atoms with Gasteiger partial charge >= 0.3 is 0 Å². The zero-order chi connectivity index (χ0) is 9.26. The highest BCUT2D eigenvalue weighted by Gasteiger charge is 2.18. The van der Waals surface area contributed by atoms with Crippen LogP contribution in [0, 0.1) is 5.82 Å². The number of hydrogen-bond acceptors (Lipinski definition) is 1. The Balaban J connectivity index is 2.32. The molecule has 1 aromatic rings. The van der Waals surface area contributed by atoms with Crippen LogP contribution in [0.5, 0.6) is 0 Å². The van der Waals surface area contributed by atoms with E-state index in [9.17, 15) is 4.39 Å². The fraction of sp³-hybridized carbons (Fsp3) is 0.400. The number of rotatable bonds is 1. The van der Waals surface area contributed by atoms with Crippen LogP contribution in [0.2, 0.25) is 0 Å². The van der Waals surface area contributed by atoms with Crippen LogP contribution in [0.1, 0.15) is 24.4 Å². The van der Waals surface area contributed by atoms with Gasteiger partial charge in [0.05, 0.1) is 0 Å². The maximum absolute atomic E-state index is 13.0. The van der Waals surface area contributed by atoms with Crippen molar-refractivity contribution in [3.05, 3.63) is 34.1 Å². The normalized spacial score (nSPS) is 22.2. The van der Waals surface area contributed by atoms with Gasteiger partial charge in [0.25, 0.3) is 0 Å². The lowest BCUT2D eigenvalue weighted by atomic mass is 10.1. The van der Waals surface area contributed by atoms with Crippen LogP contribution in [0.4, 0.5) is 4.39 Å². The van der Waals surface area contributed by atoms with Crippen molar-refractivity contribution in [3.63, 3.8) is 0 Å². The molecule has 1 saturated heterocycles. The Labute approximate surface area is 85.5 Å². The van der Waals surface area contributed by atoms with Crippen molar-refractivity contribution < 1.29 is 4.39 Å². The first-order chi connectivity index (χ1) is 6.27. The van der Waals surface area contributed by atoms with E-state index in [1.165, 1.54) is 12.5 Å². The third-order valence-corrected chi connectivity index (χ3v) is 3.12. The average Bonchev–Trinajstić information content (AvgIpc) is 2.61. The first-order valence-corrected chi connectivity index (χ1v) is 5.25. The lowest BCUT2D eigenvalue weighted by Gasteiger charge is -2.12. The van der Waals surface area contributed by atoms with Crippen molar-refractivity contribution >= 4 is 15.9 Å². The Kier molecular flexibility index (Phi) is 2.65.